The quantitative estimate of drug-likeness (QED) is 0.771. The van der Waals surface area contributed by atoms with Crippen molar-refractivity contribution in [3.8, 4) is 0 Å². The maximum absolute atomic E-state index is 12.4. The van der Waals surface area contributed by atoms with Gasteiger partial charge >= 0.3 is 12.0 Å². The zero-order chi connectivity index (χ0) is 18.4. The number of anilines is 1. The molecule has 136 valence electrons. The summed E-state index contributed by atoms with van der Waals surface area (Å²) in [5.74, 6) is -0.953. The zero-order valence-corrected chi connectivity index (χ0v) is 14.5. The average Bonchev–Trinajstić information content (AvgIpc) is 2.67. The number of benzene rings is 2. The summed E-state index contributed by atoms with van der Waals surface area (Å²) in [5.41, 5.74) is 2.18. The molecule has 0 aliphatic carbocycles. The highest BCUT2D eigenvalue weighted by Crippen LogP contribution is 2.16. The largest absolute Gasteiger partial charge is 0.478 e. The molecule has 2 amide bonds. The summed E-state index contributed by atoms with van der Waals surface area (Å²) < 4.78 is 0. The number of carboxylic acid groups (broad SMARTS) is 1. The molecule has 1 aliphatic heterocycles. The van der Waals surface area contributed by atoms with Gasteiger partial charge in [0.2, 0.25) is 0 Å². The highest BCUT2D eigenvalue weighted by molar-refractivity contribution is 5.87. The zero-order valence-electron chi connectivity index (χ0n) is 14.5. The molecule has 6 heteroatoms. The highest BCUT2D eigenvalue weighted by atomic mass is 16.4. The van der Waals surface area contributed by atoms with Crippen molar-refractivity contribution in [3.05, 3.63) is 65.7 Å². The van der Waals surface area contributed by atoms with E-state index in [1.54, 1.807) is 24.3 Å². The van der Waals surface area contributed by atoms with Gasteiger partial charge in [-0.2, -0.15) is 0 Å². The number of likely N-dealkylation sites (tertiary alicyclic amines) is 1. The van der Waals surface area contributed by atoms with Crippen LogP contribution in [-0.2, 0) is 6.54 Å². The second-order valence-electron chi connectivity index (χ2n) is 6.46. The molecule has 0 aromatic heterocycles. The Bertz CT molecular complexity index is 747. The number of para-hydroxylation sites is 1. The number of carbonyl (C=O) groups is 2. The molecular formula is C20H23N3O3. The molecule has 1 atom stereocenters. The van der Waals surface area contributed by atoms with Crippen LogP contribution in [0.5, 0.6) is 0 Å². The van der Waals surface area contributed by atoms with E-state index in [2.05, 4.69) is 10.6 Å². The molecule has 1 aliphatic rings. The molecule has 3 N–H and O–H groups in total. The van der Waals surface area contributed by atoms with E-state index in [1.165, 1.54) is 0 Å². The number of hydrogen-bond acceptors (Lipinski definition) is 3. The number of nitrogens with one attached hydrogen (secondary N) is 2. The minimum atomic E-state index is -0.953. The summed E-state index contributed by atoms with van der Waals surface area (Å²) in [6, 6.07) is 16.7. The molecule has 1 fully saturated rings. The van der Waals surface area contributed by atoms with Crippen LogP contribution < -0.4 is 10.6 Å². The van der Waals surface area contributed by atoms with Crippen molar-refractivity contribution in [2.75, 3.05) is 18.4 Å². The molecule has 2 aromatic rings. The minimum absolute atomic E-state index is 0.0909. The summed E-state index contributed by atoms with van der Waals surface area (Å²) in [6.45, 7) is 1.79. The summed E-state index contributed by atoms with van der Waals surface area (Å²) >= 11 is 0. The maximum Gasteiger partial charge on any atom is 0.335 e. The number of piperidine rings is 1. The molecule has 3 rings (SSSR count). The van der Waals surface area contributed by atoms with E-state index in [1.807, 2.05) is 35.2 Å². The Balaban J connectivity index is 1.50. The van der Waals surface area contributed by atoms with Crippen LogP contribution in [0.4, 0.5) is 10.5 Å². The first-order valence-electron chi connectivity index (χ1n) is 8.78. The van der Waals surface area contributed by atoms with Gasteiger partial charge in [0.15, 0.2) is 0 Å². The van der Waals surface area contributed by atoms with Crippen molar-refractivity contribution in [2.45, 2.75) is 25.4 Å². The summed E-state index contributed by atoms with van der Waals surface area (Å²) in [6.07, 6.45) is 2.00. The molecule has 2 aromatic carbocycles. The summed E-state index contributed by atoms with van der Waals surface area (Å²) in [5, 5.41) is 15.3. The van der Waals surface area contributed by atoms with Crippen LogP contribution in [0.2, 0.25) is 0 Å². The Morgan fingerprint density at radius 2 is 1.81 bits per heavy atom. The molecular weight excluding hydrogens is 330 g/mol. The number of urea groups is 1. The van der Waals surface area contributed by atoms with Crippen LogP contribution in [-0.4, -0.2) is 41.1 Å². The SMILES string of the molecule is O=C(O)c1ccc(CNC(=O)N2CCCC(Nc3ccccc3)C2)cc1. The summed E-state index contributed by atoms with van der Waals surface area (Å²) in [7, 11) is 0. The summed E-state index contributed by atoms with van der Waals surface area (Å²) in [4.78, 5) is 25.1. The van der Waals surface area contributed by atoms with Gasteiger partial charge in [-0.1, -0.05) is 30.3 Å². The fourth-order valence-electron chi connectivity index (χ4n) is 3.10. The molecule has 0 radical (unpaired) electrons. The second kappa shape index (κ2) is 8.38. The fraction of sp³-hybridized carbons (Fsp3) is 0.300. The van der Waals surface area contributed by atoms with Crippen molar-refractivity contribution in [1.82, 2.24) is 10.2 Å². The van der Waals surface area contributed by atoms with Crippen molar-refractivity contribution in [3.63, 3.8) is 0 Å². The Morgan fingerprint density at radius 3 is 2.50 bits per heavy atom. The van der Waals surface area contributed by atoms with Crippen LogP contribution in [0, 0.1) is 0 Å². The van der Waals surface area contributed by atoms with Gasteiger partial charge in [-0.15, -0.1) is 0 Å². The van der Waals surface area contributed by atoms with Crippen molar-refractivity contribution >= 4 is 17.7 Å². The lowest BCUT2D eigenvalue weighted by molar-refractivity contribution is 0.0697. The van der Waals surface area contributed by atoms with Gasteiger partial charge in [0, 0.05) is 31.4 Å². The molecule has 0 saturated carbocycles. The molecule has 0 bridgehead atoms. The molecule has 0 spiro atoms. The number of amides is 2. The molecule has 1 heterocycles. The molecule has 6 nitrogen and oxygen atoms in total. The van der Waals surface area contributed by atoms with Gasteiger partial charge in [0.05, 0.1) is 5.56 Å². The van der Waals surface area contributed by atoms with Crippen molar-refractivity contribution in [1.29, 1.82) is 0 Å². The van der Waals surface area contributed by atoms with E-state index in [0.29, 0.717) is 13.1 Å². The minimum Gasteiger partial charge on any atom is -0.478 e. The Kier molecular flexibility index (Phi) is 5.73. The predicted octanol–water partition coefficient (Wildman–Crippen LogP) is 3.17. The van der Waals surface area contributed by atoms with Crippen molar-refractivity contribution < 1.29 is 14.7 Å². The third-order valence-electron chi connectivity index (χ3n) is 4.50. The van der Waals surface area contributed by atoms with Crippen LogP contribution >= 0.6 is 0 Å². The number of aromatic carboxylic acids is 1. The smallest absolute Gasteiger partial charge is 0.335 e. The van der Waals surface area contributed by atoms with Gasteiger partial charge in [-0.3, -0.25) is 0 Å². The standard InChI is InChI=1S/C20H23N3O3/c24-19(25)16-10-8-15(9-11-16)13-21-20(26)23-12-4-7-18(14-23)22-17-5-2-1-3-6-17/h1-3,5-6,8-11,18,22H,4,7,12-14H2,(H,21,26)(H,24,25). The number of nitrogens with zero attached hydrogens (tertiary/aromatic N) is 1. The van der Waals surface area contributed by atoms with Gasteiger partial charge < -0.3 is 20.6 Å². The topological polar surface area (TPSA) is 81.7 Å². The molecule has 1 unspecified atom stereocenters. The van der Waals surface area contributed by atoms with Crippen LogP contribution in [0.1, 0.15) is 28.8 Å². The lowest BCUT2D eigenvalue weighted by atomic mass is 10.1. The van der Waals surface area contributed by atoms with E-state index in [4.69, 9.17) is 5.11 Å². The number of carbonyl (C=O) groups excluding carboxylic acids is 1. The van der Waals surface area contributed by atoms with Gasteiger partial charge in [0.1, 0.15) is 0 Å². The molecule has 1 saturated heterocycles. The van der Waals surface area contributed by atoms with Crippen LogP contribution in [0.15, 0.2) is 54.6 Å². The third-order valence-corrected chi connectivity index (χ3v) is 4.50. The van der Waals surface area contributed by atoms with Gasteiger partial charge in [-0.25, -0.2) is 9.59 Å². The second-order valence-corrected chi connectivity index (χ2v) is 6.46. The Morgan fingerprint density at radius 1 is 1.08 bits per heavy atom. The average molecular weight is 353 g/mol. The normalized spacial score (nSPS) is 16.8. The predicted molar refractivity (Wildman–Crippen MR) is 100 cm³/mol. The lowest BCUT2D eigenvalue weighted by Crippen LogP contribution is -2.48. The lowest BCUT2D eigenvalue weighted by Gasteiger charge is -2.33. The van der Waals surface area contributed by atoms with Gasteiger partial charge in [-0.05, 0) is 42.7 Å². The van der Waals surface area contributed by atoms with E-state index in [9.17, 15) is 9.59 Å². The Labute approximate surface area is 152 Å². The monoisotopic (exact) mass is 353 g/mol. The fourth-order valence-corrected chi connectivity index (χ4v) is 3.10. The number of rotatable bonds is 5. The maximum atomic E-state index is 12.4. The third kappa shape index (κ3) is 4.75. The van der Waals surface area contributed by atoms with Crippen molar-refractivity contribution in [2.24, 2.45) is 0 Å². The molecule has 26 heavy (non-hydrogen) atoms. The van der Waals surface area contributed by atoms with E-state index < -0.39 is 5.97 Å². The first-order valence-corrected chi connectivity index (χ1v) is 8.78. The first kappa shape index (κ1) is 17.8. The Hall–Kier alpha value is -3.02. The van der Waals surface area contributed by atoms with E-state index in [0.717, 1.165) is 30.6 Å². The van der Waals surface area contributed by atoms with Crippen LogP contribution in [0.3, 0.4) is 0 Å². The number of hydrogen-bond donors (Lipinski definition) is 3. The van der Waals surface area contributed by atoms with E-state index in [-0.39, 0.29) is 17.6 Å². The first-order chi connectivity index (χ1) is 12.6. The highest BCUT2D eigenvalue weighted by Gasteiger charge is 2.23. The van der Waals surface area contributed by atoms with Gasteiger partial charge in [0.25, 0.3) is 0 Å². The number of carboxylic acids is 1. The van der Waals surface area contributed by atoms with Crippen LogP contribution in [0.25, 0.3) is 0 Å². The van der Waals surface area contributed by atoms with E-state index >= 15 is 0 Å².